The van der Waals surface area contributed by atoms with Gasteiger partial charge in [-0.15, -0.1) is 0 Å². The van der Waals surface area contributed by atoms with Crippen LogP contribution in [0.15, 0.2) is 40.8 Å². The normalized spacial score (nSPS) is 10.9. The van der Waals surface area contributed by atoms with E-state index in [1.54, 1.807) is 19.2 Å². The van der Waals surface area contributed by atoms with Crippen LogP contribution >= 0.6 is 0 Å². The Hall–Kier alpha value is -2.56. The fraction of sp³-hybridized carbons (Fsp3) is 0.200. The van der Waals surface area contributed by atoms with Crippen LogP contribution in [0.1, 0.15) is 16.3 Å². The first-order valence-electron chi connectivity index (χ1n) is 6.34. The molecule has 20 heavy (non-hydrogen) atoms. The van der Waals surface area contributed by atoms with Gasteiger partial charge in [-0.05, 0) is 31.2 Å². The molecule has 3 rings (SSSR count). The highest BCUT2D eigenvalue weighted by atomic mass is 16.3. The number of hydrogen-bond donors (Lipinski definition) is 0. The summed E-state index contributed by atoms with van der Waals surface area (Å²) < 4.78 is 7.27. The fourth-order valence-corrected chi connectivity index (χ4v) is 2.24. The molecule has 0 unspecified atom stereocenters. The summed E-state index contributed by atoms with van der Waals surface area (Å²) in [6.45, 7) is 1.81. The van der Waals surface area contributed by atoms with Gasteiger partial charge in [0.05, 0.1) is 11.0 Å². The maximum absolute atomic E-state index is 12.4. The van der Waals surface area contributed by atoms with E-state index < -0.39 is 0 Å². The number of aryl methyl sites for hydroxylation is 2. The summed E-state index contributed by atoms with van der Waals surface area (Å²) in [5, 5.41) is 0. The molecule has 102 valence electrons. The summed E-state index contributed by atoms with van der Waals surface area (Å²) in [5.74, 6) is 1.41. The van der Waals surface area contributed by atoms with Crippen molar-refractivity contribution >= 4 is 22.9 Å². The van der Waals surface area contributed by atoms with Crippen molar-refractivity contribution in [3.8, 4) is 0 Å². The number of furan rings is 1. The Morgan fingerprint density at radius 3 is 2.65 bits per heavy atom. The number of benzene rings is 1. The first-order valence-corrected chi connectivity index (χ1v) is 6.34. The first-order chi connectivity index (χ1) is 9.58. The molecule has 0 aliphatic rings. The molecule has 5 heteroatoms. The fourth-order valence-electron chi connectivity index (χ4n) is 2.24. The van der Waals surface area contributed by atoms with E-state index in [1.165, 1.54) is 4.90 Å². The summed E-state index contributed by atoms with van der Waals surface area (Å²) in [6.07, 6.45) is 0. The number of imidazole rings is 1. The molecule has 0 aliphatic heterocycles. The standard InChI is InChI=1S/C15H15N3O2/c1-10-8-9-13(20-10)14(19)18(3)15-16-11-6-4-5-7-12(11)17(15)2/h4-9H,1-3H3. The van der Waals surface area contributed by atoms with E-state index in [2.05, 4.69) is 4.98 Å². The zero-order valence-electron chi connectivity index (χ0n) is 11.6. The Balaban J connectivity index is 2.02. The molecule has 0 aliphatic carbocycles. The van der Waals surface area contributed by atoms with E-state index in [9.17, 15) is 4.79 Å². The van der Waals surface area contributed by atoms with E-state index in [1.807, 2.05) is 42.8 Å². The lowest BCUT2D eigenvalue weighted by atomic mass is 10.3. The number of nitrogens with zero attached hydrogens (tertiary/aromatic N) is 3. The number of fused-ring (bicyclic) bond motifs is 1. The highest BCUT2D eigenvalue weighted by Crippen LogP contribution is 2.21. The summed E-state index contributed by atoms with van der Waals surface area (Å²) in [5.41, 5.74) is 1.85. The maximum atomic E-state index is 12.4. The molecule has 5 nitrogen and oxygen atoms in total. The Kier molecular flexibility index (Phi) is 2.82. The molecule has 0 bridgehead atoms. The number of amides is 1. The first kappa shape index (κ1) is 12.5. The van der Waals surface area contributed by atoms with Gasteiger partial charge in [-0.1, -0.05) is 12.1 Å². The average Bonchev–Trinajstić information content (AvgIpc) is 3.02. The summed E-state index contributed by atoms with van der Waals surface area (Å²) in [7, 11) is 3.59. The van der Waals surface area contributed by atoms with Crippen molar-refractivity contribution in [3.05, 3.63) is 47.9 Å². The van der Waals surface area contributed by atoms with Gasteiger partial charge in [-0.3, -0.25) is 9.69 Å². The lowest BCUT2D eigenvalue weighted by molar-refractivity contribution is 0.0963. The monoisotopic (exact) mass is 269 g/mol. The Morgan fingerprint density at radius 2 is 2.00 bits per heavy atom. The number of aromatic nitrogens is 2. The van der Waals surface area contributed by atoms with Gasteiger partial charge in [0.2, 0.25) is 5.95 Å². The molecule has 0 spiro atoms. The average molecular weight is 269 g/mol. The molecule has 0 radical (unpaired) electrons. The van der Waals surface area contributed by atoms with Crippen LogP contribution in [0, 0.1) is 6.92 Å². The van der Waals surface area contributed by atoms with E-state index in [0.29, 0.717) is 17.5 Å². The minimum Gasteiger partial charge on any atom is -0.456 e. The topological polar surface area (TPSA) is 51.3 Å². The lowest BCUT2D eigenvalue weighted by Crippen LogP contribution is -2.28. The molecule has 0 saturated carbocycles. The van der Waals surface area contributed by atoms with Crippen LogP contribution < -0.4 is 4.90 Å². The predicted octanol–water partition coefficient (Wildman–Crippen LogP) is 2.75. The van der Waals surface area contributed by atoms with Gasteiger partial charge < -0.3 is 8.98 Å². The molecule has 0 atom stereocenters. The van der Waals surface area contributed by atoms with E-state index in [0.717, 1.165) is 11.0 Å². The SMILES string of the molecule is Cc1ccc(C(=O)N(C)c2nc3ccccc3n2C)o1. The van der Waals surface area contributed by atoms with Crippen molar-refractivity contribution in [2.75, 3.05) is 11.9 Å². The summed E-state index contributed by atoms with van der Waals surface area (Å²) in [6, 6.07) is 11.2. The van der Waals surface area contributed by atoms with Gasteiger partial charge in [0.25, 0.3) is 5.91 Å². The van der Waals surface area contributed by atoms with Crippen molar-refractivity contribution in [2.45, 2.75) is 6.92 Å². The largest absolute Gasteiger partial charge is 0.456 e. The quantitative estimate of drug-likeness (QED) is 0.718. The zero-order valence-corrected chi connectivity index (χ0v) is 11.6. The van der Waals surface area contributed by atoms with E-state index in [-0.39, 0.29) is 5.91 Å². The number of anilines is 1. The molecule has 2 aromatic heterocycles. The van der Waals surface area contributed by atoms with Gasteiger partial charge in [-0.2, -0.15) is 0 Å². The van der Waals surface area contributed by atoms with Crippen molar-refractivity contribution < 1.29 is 9.21 Å². The second kappa shape index (κ2) is 4.52. The van der Waals surface area contributed by atoms with Gasteiger partial charge >= 0.3 is 0 Å². The van der Waals surface area contributed by atoms with E-state index in [4.69, 9.17) is 4.42 Å². The van der Waals surface area contributed by atoms with Crippen LogP contribution in [0.4, 0.5) is 5.95 Å². The highest BCUT2D eigenvalue weighted by molar-refractivity contribution is 6.03. The van der Waals surface area contributed by atoms with Crippen LogP contribution in [0.3, 0.4) is 0 Å². The third-order valence-corrected chi connectivity index (χ3v) is 3.32. The van der Waals surface area contributed by atoms with Gasteiger partial charge in [0.1, 0.15) is 5.76 Å². The molecule has 0 fully saturated rings. The number of carbonyl (C=O) groups is 1. The van der Waals surface area contributed by atoms with Crippen LogP contribution in [0.5, 0.6) is 0 Å². The van der Waals surface area contributed by atoms with Crippen molar-refractivity contribution in [1.29, 1.82) is 0 Å². The lowest BCUT2D eigenvalue weighted by Gasteiger charge is -2.14. The molecule has 1 aromatic carbocycles. The second-order valence-corrected chi connectivity index (χ2v) is 4.73. The Bertz CT molecular complexity index is 785. The number of rotatable bonds is 2. The minimum absolute atomic E-state index is 0.212. The van der Waals surface area contributed by atoms with Crippen molar-refractivity contribution in [1.82, 2.24) is 9.55 Å². The summed E-state index contributed by atoms with van der Waals surface area (Å²) >= 11 is 0. The number of hydrogen-bond acceptors (Lipinski definition) is 3. The van der Waals surface area contributed by atoms with Crippen molar-refractivity contribution in [3.63, 3.8) is 0 Å². The predicted molar refractivity (Wildman–Crippen MR) is 76.9 cm³/mol. The van der Waals surface area contributed by atoms with Crippen LogP contribution in [0.2, 0.25) is 0 Å². The van der Waals surface area contributed by atoms with E-state index >= 15 is 0 Å². The Labute approximate surface area is 116 Å². The highest BCUT2D eigenvalue weighted by Gasteiger charge is 2.21. The number of carbonyl (C=O) groups excluding carboxylic acids is 1. The molecular formula is C15H15N3O2. The second-order valence-electron chi connectivity index (χ2n) is 4.73. The van der Waals surface area contributed by atoms with Crippen LogP contribution in [-0.4, -0.2) is 22.5 Å². The molecule has 0 saturated heterocycles. The molecule has 1 amide bonds. The van der Waals surface area contributed by atoms with Crippen LogP contribution in [-0.2, 0) is 7.05 Å². The molecule has 3 aromatic rings. The zero-order chi connectivity index (χ0) is 14.3. The van der Waals surface area contributed by atoms with Crippen molar-refractivity contribution in [2.24, 2.45) is 7.05 Å². The third-order valence-electron chi connectivity index (χ3n) is 3.32. The summed E-state index contributed by atoms with van der Waals surface area (Å²) in [4.78, 5) is 18.4. The van der Waals surface area contributed by atoms with Gasteiger partial charge in [-0.25, -0.2) is 4.98 Å². The Morgan fingerprint density at radius 1 is 1.25 bits per heavy atom. The number of para-hydroxylation sites is 2. The molecule has 0 N–H and O–H groups in total. The molecule has 2 heterocycles. The smallest absolute Gasteiger partial charge is 0.296 e. The maximum Gasteiger partial charge on any atom is 0.296 e. The molecular weight excluding hydrogens is 254 g/mol. The van der Waals surface area contributed by atoms with Gasteiger partial charge in [0, 0.05) is 14.1 Å². The third kappa shape index (κ3) is 1.87. The van der Waals surface area contributed by atoms with Gasteiger partial charge in [0.15, 0.2) is 5.76 Å². The minimum atomic E-state index is -0.212. The van der Waals surface area contributed by atoms with Crippen LogP contribution in [0.25, 0.3) is 11.0 Å².